The number of fused-ring (bicyclic) bond motifs is 3. The standard InChI is InChI=1S/C31H34N6O5/c1-39-19-24-16-27(36-42-24)30-34-33-29-25-9-5-6-10-26(25)31(35-37(29)30)41-18-22-13-12-21(17-32-22)28(38)15-20-7-3-4-8-23(40-2)14-11-20/h5-6,9-10,12-13,16-17,20,23H,3-4,7-8,11,14-15,18-19H2,1-2H3. The molecule has 0 amide bonds. The molecule has 1 fully saturated rings. The van der Waals surface area contributed by atoms with E-state index in [1.807, 2.05) is 36.4 Å². The normalized spacial score (nSPS) is 17.8. The maximum absolute atomic E-state index is 13.0. The summed E-state index contributed by atoms with van der Waals surface area (Å²) in [7, 11) is 3.37. The first-order valence-corrected chi connectivity index (χ1v) is 14.4. The molecule has 0 spiro atoms. The van der Waals surface area contributed by atoms with Crippen molar-refractivity contribution < 1.29 is 23.5 Å². The van der Waals surface area contributed by atoms with Gasteiger partial charge in [0.15, 0.2) is 22.9 Å². The van der Waals surface area contributed by atoms with Crippen LogP contribution in [-0.2, 0) is 22.7 Å². The average molecular weight is 571 g/mol. The van der Waals surface area contributed by atoms with E-state index in [-0.39, 0.29) is 12.4 Å². The van der Waals surface area contributed by atoms with Crippen LogP contribution in [0, 0.1) is 5.92 Å². The first-order chi connectivity index (χ1) is 20.6. The molecule has 1 saturated carbocycles. The monoisotopic (exact) mass is 570 g/mol. The van der Waals surface area contributed by atoms with Crippen LogP contribution in [0.2, 0.25) is 0 Å². The van der Waals surface area contributed by atoms with Crippen LogP contribution in [0.4, 0.5) is 0 Å². The van der Waals surface area contributed by atoms with Crippen LogP contribution in [0.5, 0.6) is 5.88 Å². The van der Waals surface area contributed by atoms with Crippen molar-refractivity contribution in [3.8, 4) is 17.4 Å². The van der Waals surface area contributed by atoms with Crippen molar-refractivity contribution >= 4 is 22.2 Å². The van der Waals surface area contributed by atoms with Crippen LogP contribution in [0.1, 0.15) is 66.8 Å². The van der Waals surface area contributed by atoms with Gasteiger partial charge in [-0.1, -0.05) is 42.6 Å². The van der Waals surface area contributed by atoms with Crippen molar-refractivity contribution in [1.82, 2.24) is 30.0 Å². The van der Waals surface area contributed by atoms with E-state index in [9.17, 15) is 4.79 Å². The number of pyridine rings is 1. The highest BCUT2D eigenvalue weighted by Crippen LogP contribution is 2.30. The van der Waals surface area contributed by atoms with Crippen molar-refractivity contribution in [2.24, 2.45) is 5.92 Å². The minimum Gasteiger partial charge on any atom is -0.470 e. The third-order valence-corrected chi connectivity index (χ3v) is 7.90. The summed E-state index contributed by atoms with van der Waals surface area (Å²) >= 11 is 0. The third kappa shape index (κ3) is 6.02. The van der Waals surface area contributed by atoms with Gasteiger partial charge in [-0.3, -0.25) is 9.78 Å². The summed E-state index contributed by atoms with van der Waals surface area (Å²) in [5.74, 6) is 1.92. The van der Waals surface area contributed by atoms with Crippen molar-refractivity contribution in [3.63, 3.8) is 0 Å². The Morgan fingerprint density at radius 3 is 2.67 bits per heavy atom. The van der Waals surface area contributed by atoms with Crippen LogP contribution in [-0.4, -0.2) is 56.1 Å². The highest BCUT2D eigenvalue weighted by Gasteiger charge is 2.21. The summed E-state index contributed by atoms with van der Waals surface area (Å²) < 4.78 is 23.8. The van der Waals surface area contributed by atoms with Gasteiger partial charge in [0.05, 0.1) is 11.8 Å². The van der Waals surface area contributed by atoms with Crippen molar-refractivity contribution in [1.29, 1.82) is 0 Å². The van der Waals surface area contributed by atoms with Gasteiger partial charge in [-0.2, -0.15) is 4.52 Å². The molecule has 11 heteroatoms. The molecule has 2 atom stereocenters. The Kier molecular flexibility index (Phi) is 8.47. The number of carbonyl (C=O) groups is 1. The number of ketones is 1. The molecule has 1 aliphatic rings. The van der Waals surface area contributed by atoms with E-state index in [2.05, 4.69) is 20.3 Å². The molecule has 6 rings (SSSR count). The number of benzene rings is 1. The molecule has 1 aliphatic carbocycles. The number of carbonyl (C=O) groups excluding carboxylic acids is 1. The molecule has 4 heterocycles. The lowest BCUT2D eigenvalue weighted by Gasteiger charge is -2.23. The Morgan fingerprint density at radius 1 is 1.00 bits per heavy atom. The van der Waals surface area contributed by atoms with E-state index in [0.29, 0.717) is 65.1 Å². The predicted octanol–water partition coefficient (Wildman–Crippen LogP) is 5.61. The summed E-state index contributed by atoms with van der Waals surface area (Å²) in [6, 6.07) is 13.1. The van der Waals surface area contributed by atoms with E-state index in [4.69, 9.17) is 23.8 Å². The number of Topliss-reactive ketones (excluding diaryl/α,β-unsaturated/α-hetero) is 1. The van der Waals surface area contributed by atoms with Crippen LogP contribution < -0.4 is 4.74 Å². The fourth-order valence-corrected chi connectivity index (χ4v) is 5.60. The minimum absolute atomic E-state index is 0.134. The highest BCUT2D eigenvalue weighted by atomic mass is 16.5. The van der Waals surface area contributed by atoms with E-state index in [0.717, 1.165) is 49.3 Å². The fourth-order valence-electron chi connectivity index (χ4n) is 5.60. The third-order valence-electron chi connectivity index (χ3n) is 7.90. The maximum atomic E-state index is 13.0. The molecule has 0 radical (unpaired) electrons. The lowest BCUT2D eigenvalue weighted by atomic mass is 9.86. The summed E-state index contributed by atoms with van der Waals surface area (Å²) in [6.45, 7) is 0.471. The van der Waals surface area contributed by atoms with Gasteiger partial charge in [-0.05, 0) is 43.4 Å². The molecular weight excluding hydrogens is 536 g/mol. The van der Waals surface area contributed by atoms with Gasteiger partial charge in [0.2, 0.25) is 11.7 Å². The topological polar surface area (TPSA) is 127 Å². The lowest BCUT2D eigenvalue weighted by molar-refractivity contribution is 0.0704. The summed E-state index contributed by atoms with van der Waals surface area (Å²) in [5.41, 5.74) is 2.38. The number of rotatable bonds is 10. The van der Waals surface area contributed by atoms with Gasteiger partial charge < -0.3 is 18.7 Å². The average Bonchev–Trinajstić information content (AvgIpc) is 3.65. The molecule has 0 aliphatic heterocycles. The molecular formula is C31H34N6O5. The molecule has 2 unspecified atom stereocenters. The number of hydrogen-bond acceptors (Lipinski definition) is 10. The summed E-state index contributed by atoms with van der Waals surface area (Å²) in [6.07, 6.45) is 9.04. The largest absolute Gasteiger partial charge is 0.470 e. The Hall–Kier alpha value is -4.22. The minimum atomic E-state index is 0.134. The molecule has 5 aromatic rings. The van der Waals surface area contributed by atoms with Gasteiger partial charge in [-0.15, -0.1) is 15.3 Å². The zero-order valence-electron chi connectivity index (χ0n) is 23.9. The zero-order chi connectivity index (χ0) is 28.9. The maximum Gasteiger partial charge on any atom is 0.240 e. The second-order valence-corrected chi connectivity index (χ2v) is 10.8. The Bertz CT molecular complexity index is 1660. The summed E-state index contributed by atoms with van der Waals surface area (Å²) in [5, 5.41) is 19.1. The second kappa shape index (κ2) is 12.7. The lowest BCUT2D eigenvalue weighted by Crippen LogP contribution is -2.18. The van der Waals surface area contributed by atoms with Gasteiger partial charge in [-0.25, -0.2) is 0 Å². The molecule has 0 saturated heterocycles. The number of methoxy groups -OCH3 is 2. The van der Waals surface area contributed by atoms with E-state index in [1.165, 1.54) is 0 Å². The second-order valence-electron chi connectivity index (χ2n) is 10.8. The van der Waals surface area contributed by atoms with Gasteiger partial charge in [0.25, 0.3) is 0 Å². The van der Waals surface area contributed by atoms with Crippen molar-refractivity contribution in [2.45, 2.75) is 64.3 Å². The molecule has 4 aromatic heterocycles. The SMILES string of the molecule is COCc1cc(-c2nnc3c4ccccc4c(OCc4ccc(C(=O)CC5CCCCC(OC)CC5)cn4)nn23)no1. The van der Waals surface area contributed by atoms with Crippen LogP contribution in [0.25, 0.3) is 27.9 Å². The fraction of sp³-hybridized carbons (Fsp3) is 0.419. The van der Waals surface area contributed by atoms with Gasteiger partial charge in [0.1, 0.15) is 13.2 Å². The number of hydrogen-bond donors (Lipinski definition) is 0. The van der Waals surface area contributed by atoms with Crippen molar-refractivity contribution in [2.75, 3.05) is 14.2 Å². The quantitative estimate of drug-likeness (QED) is 0.195. The smallest absolute Gasteiger partial charge is 0.240 e. The Morgan fingerprint density at radius 2 is 1.86 bits per heavy atom. The first-order valence-electron chi connectivity index (χ1n) is 14.4. The van der Waals surface area contributed by atoms with E-state index >= 15 is 0 Å². The number of ether oxygens (including phenoxy) is 3. The first kappa shape index (κ1) is 27.9. The van der Waals surface area contributed by atoms with Gasteiger partial charge in [0, 0.05) is 49.2 Å². The highest BCUT2D eigenvalue weighted by molar-refractivity contribution is 5.97. The Labute approximate surface area is 243 Å². The molecule has 1 aromatic carbocycles. The zero-order valence-corrected chi connectivity index (χ0v) is 23.9. The molecule has 42 heavy (non-hydrogen) atoms. The van der Waals surface area contributed by atoms with Crippen molar-refractivity contribution in [3.05, 3.63) is 65.7 Å². The summed E-state index contributed by atoms with van der Waals surface area (Å²) in [4.78, 5) is 17.6. The van der Waals surface area contributed by atoms with E-state index < -0.39 is 0 Å². The van der Waals surface area contributed by atoms with Crippen LogP contribution >= 0.6 is 0 Å². The van der Waals surface area contributed by atoms with E-state index in [1.54, 1.807) is 31.0 Å². The van der Waals surface area contributed by atoms with Gasteiger partial charge >= 0.3 is 0 Å². The molecule has 11 nitrogen and oxygen atoms in total. The Balaban J connectivity index is 1.17. The molecule has 218 valence electrons. The predicted molar refractivity (Wildman–Crippen MR) is 154 cm³/mol. The number of nitrogens with zero attached hydrogens (tertiary/aromatic N) is 6. The molecule has 0 bridgehead atoms. The van der Waals surface area contributed by atoms with Crippen LogP contribution in [0.3, 0.4) is 0 Å². The number of aromatic nitrogens is 6. The molecule has 0 N–H and O–H groups in total. The van der Waals surface area contributed by atoms with Crippen LogP contribution in [0.15, 0.2) is 53.2 Å².